The second-order valence-electron chi connectivity index (χ2n) is 7.33. The van der Waals surface area contributed by atoms with Gasteiger partial charge in [-0.15, -0.1) is 0 Å². The van der Waals surface area contributed by atoms with Crippen LogP contribution in [-0.2, 0) is 11.2 Å². The molecular formula is C20H30BrFN4O. The number of likely N-dealkylation sites (tertiary alicyclic amines) is 1. The summed E-state index contributed by atoms with van der Waals surface area (Å²) in [6.45, 7) is 7.88. The molecule has 2 aliphatic rings. The molecule has 0 aliphatic carbocycles. The molecule has 0 amide bonds. The van der Waals surface area contributed by atoms with Crippen molar-refractivity contribution in [3.05, 3.63) is 34.1 Å². The van der Waals surface area contributed by atoms with Gasteiger partial charge in [-0.3, -0.25) is 9.89 Å². The molecule has 0 aromatic heterocycles. The van der Waals surface area contributed by atoms with Crippen LogP contribution in [0.4, 0.5) is 4.39 Å². The van der Waals surface area contributed by atoms with Crippen molar-refractivity contribution in [2.75, 3.05) is 59.5 Å². The minimum absolute atomic E-state index is 0.140. The van der Waals surface area contributed by atoms with Gasteiger partial charge in [-0.2, -0.15) is 0 Å². The molecule has 2 aliphatic heterocycles. The number of morpholine rings is 1. The summed E-state index contributed by atoms with van der Waals surface area (Å²) in [5.41, 5.74) is 0.765. The molecule has 0 bridgehead atoms. The number of benzene rings is 1. The summed E-state index contributed by atoms with van der Waals surface area (Å²) in [5, 5.41) is 3.45. The fourth-order valence-electron chi connectivity index (χ4n) is 3.86. The fourth-order valence-corrected chi connectivity index (χ4v) is 4.19. The molecule has 1 aromatic rings. The van der Waals surface area contributed by atoms with Gasteiger partial charge in [0.25, 0.3) is 0 Å². The molecule has 3 rings (SSSR count). The maximum absolute atomic E-state index is 13.9. The monoisotopic (exact) mass is 440 g/mol. The number of nitrogens with one attached hydrogen (secondary N) is 1. The first-order chi connectivity index (χ1) is 13.2. The molecule has 7 heteroatoms. The zero-order valence-corrected chi connectivity index (χ0v) is 17.7. The van der Waals surface area contributed by atoms with Crippen LogP contribution >= 0.6 is 15.9 Å². The van der Waals surface area contributed by atoms with Crippen molar-refractivity contribution in [1.29, 1.82) is 0 Å². The summed E-state index contributed by atoms with van der Waals surface area (Å²) in [6, 6.07) is 5.27. The highest BCUT2D eigenvalue weighted by atomic mass is 79.9. The zero-order chi connectivity index (χ0) is 19.1. The SMILES string of the molecule is CN=C(NCCCc1ccc(Br)cc1F)N1CCC(CN2CCOCC2)C1. The van der Waals surface area contributed by atoms with Crippen molar-refractivity contribution in [2.45, 2.75) is 19.3 Å². The number of aliphatic imine (C=N–C) groups is 1. The molecule has 1 N–H and O–H groups in total. The van der Waals surface area contributed by atoms with Crippen LogP contribution in [0.5, 0.6) is 0 Å². The molecule has 27 heavy (non-hydrogen) atoms. The first-order valence-electron chi connectivity index (χ1n) is 9.85. The van der Waals surface area contributed by atoms with E-state index < -0.39 is 0 Å². The topological polar surface area (TPSA) is 40.1 Å². The minimum Gasteiger partial charge on any atom is -0.379 e. The Morgan fingerprint density at radius 1 is 1.33 bits per heavy atom. The summed E-state index contributed by atoms with van der Waals surface area (Å²) < 4.78 is 20.1. The van der Waals surface area contributed by atoms with Gasteiger partial charge in [0.2, 0.25) is 0 Å². The molecule has 0 spiro atoms. The number of halogens is 2. The number of ether oxygens (including phenoxy) is 1. The molecule has 1 atom stereocenters. The molecule has 0 radical (unpaired) electrons. The Morgan fingerprint density at radius 3 is 2.89 bits per heavy atom. The summed E-state index contributed by atoms with van der Waals surface area (Å²) in [4.78, 5) is 9.31. The fraction of sp³-hybridized carbons (Fsp3) is 0.650. The van der Waals surface area contributed by atoms with E-state index >= 15 is 0 Å². The molecule has 1 unspecified atom stereocenters. The van der Waals surface area contributed by atoms with Crippen molar-refractivity contribution < 1.29 is 9.13 Å². The van der Waals surface area contributed by atoms with Crippen LogP contribution < -0.4 is 5.32 Å². The van der Waals surface area contributed by atoms with Gasteiger partial charge in [-0.1, -0.05) is 22.0 Å². The van der Waals surface area contributed by atoms with Gasteiger partial charge in [-0.25, -0.2) is 4.39 Å². The van der Waals surface area contributed by atoms with Gasteiger partial charge in [0.1, 0.15) is 5.82 Å². The van der Waals surface area contributed by atoms with Crippen molar-refractivity contribution in [3.8, 4) is 0 Å². The third-order valence-corrected chi connectivity index (χ3v) is 5.83. The Bertz CT molecular complexity index is 636. The number of hydrogen-bond acceptors (Lipinski definition) is 3. The molecule has 1 aromatic carbocycles. The van der Waals surface area contributed by atoms with Gasteiger partial charge >= 0.3 is 0 Å². The summed E-state index contributed by atoms with van der Waals surface area (Å²) in [5.74, 6) is 1.52. The van der Waals surface area contributed by atoms with E-state index in [2.05, 4.69) is 36.0 Å². The van der Waals surface area contributed by atoms with Crippen LogP contribution in [0.25, 0.3) is 0 Å². The van der Waals surface area contributed by atoms with Crippen LogP contribution in [0.1, 0.15) is 18.4 Å². The van der Waals surface area contributed by atoms with E-state index in [1.165, 1.54) is 12.5 Å². The number of aryl methyl sites for hydroxylation is 1. The molecule has 2 saturated heterocycles. The lowest BCUT2D eigenvalue weighted by molar-refractivity contribution is 0.0315. The van der Waals surface area contributed by atoms with Crippen molar-refractivity contribution in [3.63, 3.8) is 0 Å². The predicted octanol–water partition coefficient (Wildman–Crippen LogP) is 2.75. The first kappa shape index (κ1) is 20.6. The average Bonchev–Trinajstić information content (AvgIpc) is 3.12. The number of hydrogen-bond donors (Lipinski definition) is 1. The zero-order valence-electron chi connectivity index (χ0n) is 16.1. The molecule has 2 heterocycles. The van der Waals surface area contributed by atoms with Crippen LogP contribution in [0.15, 0.2) is 27.7 Å². The maximum atomic E-state index is 13.9. The van der Waals surface area contributed by atoms with Crippen LogP contribution in [0.2, 0.25) is 0 Å². The van der Waals surface area contributed by atoms with E-state index in [1.807, 2.05) is 19.2 Å². The van der Waals surface area contributed by atoms with Crippen molar-refractivity contribution in [1.82, 2.24) is 15.1 Å². The average molecular weight is 441 g/mol. The largest absolute Gasteiger partial charge is 0.379 e. The summed E-state index contributed by atoms with van der Waals surface area (Å²) in [6.07, 6.45) is 2.81. The van der Waals surface area contributed by atoms with Crippen molar-refractivity contribution in [2.24, 2.45) is 10.9 Å². The predicted molar refractivity (Wildman–Crippen MR) is 111 cm³/mol. The lowest BCUT2D eigenvalue weighted by atomic mass is 10.1. The van der Waals surface area contributed by atoms with Gasteiger partial charge in [0.05, 0.1) is 13.2 Å². The van der Waals surface area contributed by atoms with Crippen LogP contribution in [0, 0.1) is 11.7 Å². The van der Waals surface area contributed by atoms with Gasteiger partial charge in [-0.05, 0) is 42.9 Å². The van der Waals surface area contributed by atoms with E-state index in [4.69, 9.17) is 4.74 Å². The highest BCUT2D eigenvalue weighted by Gasteiger charge is 2.26. The second-order valence-corrected chi connectivity index (χ2v) is 8.24. The lowest BCUT2D eigenvalue weighted by Crippen LogP contribution is -2.42. The van der Waals surface area contributed by atoms with Gasteiger partial charge in [0, 0.05) is 50.8 Å². The highest BCUT2D eigenvalue weighted by molar-refractivity contribution is 9.10. The summed E-state index contributed by atoms with van der Waals surface area (Å²) >= 11 is 3.30. The first-order valence-corrected chi connectivity index (χ1v) is 10.6. The lowest BCUT2D eigenvalue weighted by Gasteiger charge is -2.29. The molecular weight excluding hydrogens is 411 g/mol. The minimum atomic E-state index is -0.140. The number of rotatable bonds is 6. The van der Waals surface area contributed by atoms with E-state index in [0.717, 1.165) is 81.3 Å². The molecule has 0 saturated carbocycles. The Kier molecular flexibility index (Phi) is 7.91. The van der Waals surface area contributed by atoms with Crippen LogP contribution in [-0.4, -0.2) is 75.3 Å². The smallest absolute Gasteiger partial charge is 0.193 e. The standard InChI is InChI=1S/C20H30BrFN4O/c1-23-20(24-7-2-3-17-4-5-18(21)13-19(17)22)26-8-6-16(15-26)14-25-9-11-27-12-10-25/h4-5,13,16H,2-3,6-12,14-15H2,1H3,(H,23,24). The van der Waals surface area contributed by atoms with E-state index in [9.17, 15) is 4.39 Å². The second kappa shape index (κ2) is 10.4. The van der Waals surface area contributed by atoms with E-state index in [1.54, 1.807) is 0 Å². The highest BCUT2D eigenvalue weighted by Crippen LogP contribution is 2.19. The molecule has 150 valence electrons. The Labute approximate surface area is 170 Å². The Balaban J connectivity index is 1.38. The normalized spacial score (nSPS) is 21.7. The van der Waals surface area contributed by atoms with Gasteiger partial charge < -0.3 is 15.0 Å². The Hall–Kier alpha value is -1.18. The van der Waals surface area contributed by atoms with E-state index in [0.29, 0.717) is 5.92 Å². The van der Waals surface area contributed by atoms with E-state index in [-0.39, 0.29) is 5.82 Å². The van der Waals surface area contributed by atoms with Crippen LogP contribution in [0.3, 0.4) is 0 Å². The Morgan fingerprint density at radius 2 is 2.15 bits per heavy atom. The van der Waals surface area contributed by atoms with Crippen molar-refractivity contribution >= 4 is 21.9 Å². The third-order valence-electron chi connectivity index (χ3n) is 5.34. The van der Waals surface area contributed by atoms with Gasteiger partial charge in [0.15, 0.2) is 5.96 Å². The number of guanidine groups is 1. The summed E-state index contributed by atoms with van der Waals surface area (Å²) in [7, 11) is 1.84. The molecule has 2 fully saturated rings. The third kappa shape index (κ3) is 6.16. The molecule has 5 nitrogen and oxygen atoms in total. The number of nitrogens with zero attached hydrogens (tertiary/aromatic N) is 3. The maximum Gasteiger partial charge on any atom is 0.193 e. The quantitative estimate of drug-likeness (QED) is 0.419.